The van der Waals surface area contributed by atoms with Gasteiger partial charge in [-0.1, -0.05) is 48.5 Å². The number of ether oxygens (including phenoxy) is 2. The lowest BCUT2D eigenvalue weighted by Crippen LogP contribution is -2.55. The molecule has 0 radical (unpaired) electrons. The van der Waals surface area contributed by atoms with E-state index in [4.69, 9.17) is 14.6 Å². The third-order valence-electron chi connectivity index (χ3n) is 6.44. The number of rotatable bonds is 8. The summed E-state index contributed by atoms with van der Waals surface area (Å²) in [6.45, 7) is 0.485. The van der Waals surface area contributed by atoms with Crippen molar-refractivity contribution in [2.24, 2.45) is 0 Å². The highest BCUT2D eigenvalue weighted by molar-refractivity contribution is 5.81. The van der Waals surface area contributed by atoms with Crippen molar-refractivity contribution >= 4 is 18.0 Å². The molecule has 9 nitrogen and oxygen atoms in total. The SMILES string of the molecule is O=C(CC1(NC(=O)OCC2c3ccccc3-c3ccccc32)CCOCC1)NC[C@H](O)C(=O)O. The minimum atomic E-state index is -1.69. The molecule has 2 aliphatic rings. The van der Waals surface area contributed by atoms with E-state index in [1.54, 1.807) is 0 Å². The molecule has 0 spiro atoms. The highest BCUT2D eigenvalue weighted by Gasteiger charge is 2.38. The number of hydrogen-bond donors (Lipinski definition) is 4. The number of carboxylic acids is 1. The van der Waals surface area contributed by atoms with Gasteiger partial charge in [-0.3, -0.25) is 4.79 Å². The van der Waals surface area contributed by atoms with Crippen molar-refractivity contribution in [2.45, 2.75) is 36.8 Å². The molecular formula is C25H28N2O7. The zero-order valence-electron chi connectivity index (χ0n) is 18.7. The van der Waals surface area contributed by atoms with Gasteiger partial charge in [0.15, 0.2) is 6.10 Å². The van der Waals surface area contributed by atoms with Crippen LogP contribution in [0.5, 0.6) is 0 Å². The number of amides is 2. The summed E-state index contributed by atoms with van der Waals surface area (Å²) in [4.78, 5) is 36.0. The van der Waals surface area contributed by atoms with Crippen molar-refractivity contribution in [1.82, 2.24) is 10.6 Å². The average Bonchev–Trinajstić information content (AvgIpc) is 3.15. The maximum absolute atomic E-state index is 12.8. The number of carbonyl (C=O) groups is 3. The molecule has 2 amide bonds. The van der Waals surface area contributed by atoms with Gasteiger partial charge < -0.3 is 30.3 Å². The van der Waals surface area contributed by atoms with Gasteiger partial charge in [0.05, 0.1) is 12.1 Å². The lowest BCUT2D eigenvalue weighted by molar-refractivity contribution is -0.146. The monoisotopic (exact) mass is 468 g/mol. The normalized spacial score (nSPS) is 17.2. The standard InChI is InChI=1S/C25H28N2O7/c28-21(23(30)31)14-26-22(29)13-25(9-11-33-12-10-25)27-24(32)34-15-20-18-7-3-1-5-16(18)17-6-2-4-8-19(17)20/h1-8,20-21,28H,9-15H2,(H,26,29)(H,27,32)(H,30,31)/t21-/m0/s1. The lowest BCUT2D eigenvalue weighted by Gasteiger charge is -2.37. The van der Waals surface area contributed by atoms with Crippen molar-refractivity contribution in [3.63, 3.8) is 0 Å². The van der Waals surface area contributed by atoms with E-state index >= 15 is 0 Å². The molecule has 4 rings (SSSR count). The number of carboxylic acid groups (broad SMARTS) is 1. The van der Waals surface area contributed by atoms with Crippen LogP contribution in [0.1, 0.15) is 36.3 Å². The maximum atomic E-state index is 12.8. The Kier molecular flexibility index (Phi) is 7.14. The van der Waals surface area contributed by atoms with Gasteiger partial charge in [0.2, 0.25) is 5.91 Å². The van der Waals surface area contributed by atoms with E-state index < -0.39 is 36.2 Å². The first-order valence-corrected chi connectivity index (χ1v) is 11.3. The van der Waals surface area contributed by atoms with Gasteiger partial charge in [-0.05, 0) is 35.1 Å². The second-order valence-electron chi connectivity index (χ2n) is 8.68. The van der Waals surface area contributed by atoms with Crippen molar-refractivity contribution in [1.29, 1.82) is 0 Å². The molecule has 0 saturated carbocycles. The van der Waals surface area contributed by atoms with Crippen LogP contribution in [-0.2, 0) is 19.1 Å². The number of carbonyl (C=O) groups excluding carboxylic acids is 2. The van der Waals surface area contributed by atoms with Crippen LogP contribution >= 0.6 is 0 Å². The number of hydrogen-bond acceptors (Lipinski definition) is 6. The van der Waals surface area contributed by atoms with E-state index in [1.807, 2.05) is 36.4 Å². The summed E-state index contributed by atoms with van der Waals surface area (Å²) in [7, 11) is 0. The average molecular weight is 469 g/mol. The van der Waals surface area contributed by atoms with Crippen LogP contribution < -0.4 is 10.6 Å². The topological polar surface area (TPSA) is 134 Å². The second-order valence-corrected chi connectivity index (χ2v) is 8.68. The predicted octanol–water partition coefficient (Wildman–Crippen LogP) is 2.03. The van der Waals surface area contributed by atoms with E-state index in [-0.39, 0.29) is 18.9 Å². The highest BCUT2D eigenvalue weighted by Crippen LogP contribution is 2.44. The molecule has 0 bridgehead atoms. The van der Waals surface area contributed by atoms with E-state index in [2.05, 4.69) is 22.8 Å². The van der Waals surface area contributed by atoms with Gasteiger partial charge in [-0.25, -0.2) is 9.59 Å². The van der Waals surface area contributed by atoms with Gasteiger partial charge in [-0.2, -0.15) is 0 Å². The summed E-state index contributed by atoms with van der Waals surface area (Å²) in [6.07, 6.45) is -1.57. The Bertz CT molecular complexity index is 1020. The molecule has 2 aromatic rings. The molecule has 1 heterocycles. The van der Waals surface area contributed by atoms with Crippen LogP contribution in [0.4, 0.5) is 4.79 Å². The second kappa shape index (κ2) is 10.2. The third-order valence-corrected chi connectivity index (χ3v) is 6.44. The number of fused-ring (bicyclic) bond motifs is 3. The Labute approximate surface area is 197 Å². The molecule has 1 aliphatic carbocycles. The molecular weight excluding hydrogens is 440 g/mol. The Balaban J connectivity index is 1.39. The van der Waals surface area contributed by atoms with E-state index in [1.165, 1.54) is 0 Å². The molecule has 1 fully saturated rings. The van der Waals surface area contributed by atoms with E-state index in [9.17, 15) is 19.5 Å². The number of benzene rings is 2. The van der Waals surface area contributed by atoms with Crippen LogP contribution in [0.3, 0.4) is 0 Å². The van der Waals surface area contributed by atoms with Crippen molar-refractivity contribution in [3.05, 3.63) is 59.7 Å². The summed E-state index contributed by atoms with van der Waals surface area (Å²) in [6, 6.07) is 16.1. The number of aliphatic hydroxyl groups is 1. The summed E-state index contributed by atoms with van der Waals surface area (Å²) >= 11 is 0. The number of nitrogens with one attached hydrogen (secondary N) is 2. The molecule has 1 atom stereocenters. The quantitative estimate of drug-likeness (QED) is 0.466. The summed E-state index contributed by atoms with van der Waals surface area (Å²) in [5, 5.41) is 23.4. The van der Waals surface area contributed by atoms with Crippen LogP contribution in [0, 0.1) is 0 Å². The molecule has 34 heavy (non-hydrogen) atoms. The van der Waals surface area contributed by atoms with E-state index in [0.29, 0.717) is 26.1 Å². The number of alkyl carbamates (subject to hydrolysis) is 1. The lowest BCUT2D eigenvalue weighted by atomic mass is 9.86. The van der Waals surface area contributed by atoms with Crippen molar-refractivity contribution < 1.29 is 34.1 Å². The molecule has 180 valence electrons. The fraction of sp³-hybridized carbons (Fsp3) is 0.400. The van der Waals surface area contributed by atoms with Gasteiger partial charge in [0.25, 0.3) is 0 Å². The van der Waals surface area contributed by atoms with Crippen LogP contribution in [0.2, 0.25) is 0 Å². The third kappa shape index (κ3) is 5.21. The Hall–Kier alpha value is -3.43. The smallest absolute Gasteiger partial charge is 0.407 e. The largest absolute Gasteiger partial charge is 0.479 e. The molecule has 0 aromatic heterocycles. The zero-order valence-corrected chi connectivity index (χ0v) is 18.7. The highest BCUT2D eigenvalue weighted by atomic mass is 16.5. The molecule has 0 unspecified atom stereocenters. The first-order chi connectivity index (χ1) is 16.4. The minimum Gasteiger partial charge on any atom is -0.479 e. The van der Waals surface area contributed by atoms with E-state index in [0.717, 1.165) is 22.3 Å². The maximum Gasteiger partial charge on any atom is 0.407 e. The Morgan fingerprint density at radius 3 is 2.21 bits per heavy atom. The van der Waals surface area contributed by atoms with Gasteiger partial charge >= 0.3 is 12.1 Å². The minimum absolute atomic E-state index is 0.0765. The Morgan fingerprint density at radius 2 is 1.62 bits per heavy atom. The first-order valence-electron chi connectivity index (χ1n) is 11.3. The summed E-state index contributed by atoms with van der Waals surface area (Å²) in [5.74, 6) is -1.97. The first kappa shape index (κ1) is 23.7. The van der Waals surface area contributed by atoms with Gasteiger partial charge in [-0.15, -0.1) is 0 Å². The molecule has 1 saturated heterocycles. The zero-order chi connectivity index (χ0) is 24.1. The summed E-state index contributed by atoms with van der Waals surface area (Å²) in [5.41, 5.74) is 3.60. The van der Waals surface area contributed by atoms with Gasteiger partial charge in [0, 0.05) is 25.6 Å². The molecule has 4 N–H and O–H groups in total. The molecule has 2 aromatic carbocycles. The molecule has 1 aliphatic heterocycles. The summed E-state index contributed by atoms with van der Waals surface area (Å²) < 4.78 is 11.0. The van der Waals surface area contributed by atoms with Gasteiger partial charge in [0.1, 0.15) is 6.61 Å². The number of aliphatic carboxylic acids is 1. The Morgan fingerprint density at radius 1 is 1.03 bits per heavy atom. The predicted molar refractivity (Wildman–Crippen MR) is 122 cm³/mol. The van der Waals surface area contributed by atoms with Crippen molar-refractivity contribution in [3.8, 4) is 11.1 Å². The fourth-order valence-electron chi connectivity index (χ4n) is 4.63. The molecule has 9 heteroatoms. The van der Waals surface area contributed by atoms with Crippen LogP contribution in [0.15, 0.2) is 48.5 Å². The number of aliphatic hydroxyl groups excluding tert-OH is 1. The van der Waals surface area contributed by atoms with Crippen molar-refractivity contribution in [2.75, 3.05) is 26.4 Å². The fourth-order valence-corrected chi connectivity index (χ4v) is 4.63. The van der Waals surface area contributed by atoms with Crippen LogP contribution in [-0.4, -0.2) is 66.2 Å². The van der Waals surface area contributed by atoms with Crippen LogP contribution in [0.25, 0.3) is 11.1 Å².